The van der Waals surface area contributed by atoms with Gasteiger partial charge < -0.3 is 14.7 Å². The van der Waals surface area contributed by atoms with Gasteiger partial charge in [-0.1, -0.05) is 18.2 Å². The van der Waals surface area contributed by atoms with Crippen LogP contribution in [-0.2, 0) is 13.5 Å². The van der Waals surface area contributed by atoms with Gasteiger partial charge in [-0.25, -0.2) is 9.48 Å². The van der Waals surface area contributed by atoms with E-state index in [9.17, 15) is 4.79 Å². The summed E-state index contributed by atoms with van der Waals surface area (Å²) in [4.78, 5) is 16.8. The number of fused-ring (bicyclic) bond motifs is 1. The molecule has 1 aromatic heterocycles. The average molecular weight is 288 g/mol. The maximum absolute atomic E-state index is 10.9. The first-order valence-corrected chi connectivity index (χ1v) is 6.64. The predicted octanol–water partition coefficient (Wildman–Crippen LogP) is 0.953. The van der Waals surface area contributed by atoms with Gasteiger partial charge in [-0.2, -0.15) is 4.98 Å². The molecule has 1 unspecified atom stereocenters. The smallest absolute Gasteiger partial charge is 0.375 e. The fourth-order valence-corrected chi connectivity index (χ4v) is 2.54. The third-order valence-corrected chi connectivity index (χ3v) is 3.46. The highest BCUT2D eigenvalue weighted by Gasteiger charge is 2.25. The van der Waals surface area contributed by atoms with Crippen molar-refractivity contribution in [2.24, 2.45) is 7.05 Å². The van der Waals surface area contributed by atoms with E-state index in [1.807, 2.05) is 30.1 Å². The largest absolute Gasteiger partial charge is 0.488 e. The van der Waals surface area contributed by atoms with Crippen LogP contribution in [0.3, 0.4) is 0 Å². The minimum absolute atomic E-state index is 0.0254. The van der Waals surface area contributed by atoms with E-state index in [1.54, 1.807) is 7.05 Å². The molecular weight excluding hydrogens is 272 g/mol. The van der Waals surface area contributed by atoms with Crippen LogP contribution >= 0.6 is 0 Å². The lowest BCUT2D eigenvalue weighted by Crippen LogP contribution is -2.33. The number of para-hydroxylation sites is 1. The summed E-state index contributed by atoms with van der Waals surface area (Å²) in [5.41, 5.74) is 1.19. The molecule has 0 fully saturated rings. The first kappa shape index (κ1) is 13.4. The Labute approximate surface area is 121 Å². The van der Waals surface area contributed by atoms with Gasteiger partial charge in [0.15, 0.2) is 0 Å². The fraction of sp³-hybridized carbons (Fsp3) is 0.357. The summed E-state index contributed by atoms with van der Waals surface area (Å²) in [6.07, 6.45) is 0.863. The van der Waals surface area contributed by atoms with Crippen LogP contribution in [0.4, 0.5) is 5.95 Å². The third-order valence-electron chi connectivity index (χ3n) is 3.46. The van der Waals surface area contributed by atoms with Crippen LogP contribution in [0.5, 0.6) is 5.75 Å². The lowest BCUT2D eigenvalue weighted by Gasteiger charge is -2.21. The van der Waals surface area contributed by atoms with Crippen LogP contribution < -0.4 is 9.64 Å². The van der Waals surface area contributed by atoms with Crippen molar-refractivity contribution in [3.8, 4) is 5.75 Å². The van der Waals surface area contributed by atoms with E-state index in [-0.39, 0.29) is 11.9 Å². The van der Waals surface area contributed by atoms with Crippen molar-refractivity contribution in [3.63, 3.8) is 0 Å². The molecule has 1 aromatic carbocycles. The summed E-state index contributed by atoms with van der Waals surface area (Å²) in [6.45, 7) is 0.611. The topological polar surface area (TPSA) is 80.5 Å². The van der Waals surface area contributed by atoms with Crippen LogP contribution in [-0.4, -0.2) is 45.5 Å². The predicted molar refractivity (Wildman–Crippen MR) is 75.8 cm³/mol. The van der Waals surface area contributed by atoms with Gasteiger partial charge in [0.2, 0.25) is 5.95 Å². The molecule has 2 aromatic rings. The van der Waals surface area contributed by atoms with E-state index < -0.39 is 5.97 Å². The Kier molecular flexibility index (Phi) is 3.25. The Balaban J connectivity index is 1.70. The third kappa shape index (κ3) is 2.54. The average Bonchev–Trinajstić information content (AvgIpc) is 3.01. The molecular formula is C14H16N4O3. The molecule has 0 radical (unpaired) electrons. The van der Waals surface area contributed by atoms with Crippen molar-refractivity contribution >= 4 is 11.9 Å². The highest BCUT2D eigenvalue weighted by molar-refractivity contribution is 5.83. The summed E-state index contributed by atoms with van der Waals surface area (Å²) < 4.78 is 7.34. The van der Waals surface area contributed by atoms with Crippen LogP contribution in [0.15, 0.2) is 24.3 Å². The molecule has 0 saturated heterocycles. The molecule has 110 valence electrons. The number of aromatic nitrogens is 3. The molecule has 1 aliphatic rings. The monoisotopic (exact) mass is 288 g/mol. The summed E-state index contributed by atoms with van der Waals surface area (Å²) in [5, 5.41) is 12.8. The summed E-state index contributed by atoms with van der Waals surface area (Å²) in [5.74, 6) is 0.0943. The number of carboxylic acid groups (broad SMARTS) is 1. The molecule has 0 amide bonds. The fourth-order valence-electron chi connectivity index (χ4n) is 2.54. The van der Waals surface area contributed by atoms with Crippen LogP contribution in [0.25, 0.3) is 0 Å². The van der Waals surface area contributed by atoms with Gasteiger partial charge in [-0.3, -0.25) is 0 Å². The zero-order valence-electron chi connectivity index (χ0n) is 11.9. The number of carbonyl (C=O) groups is 1. The second-order valence-electron chi connectivity index (χ2n) is 5.10. The Morgan fingerprint density at radius 3 is 2.95 bits per heavy atom. The molecule has 2 heterocycles. The number of carboxylic acids is 1. The van der Waals surface area contributed by atoms with Gasteiger partial charge in [0.05, 0.1) is 6.54 Å². The van der Waals surface area contributed by atoms with E-state index in [1.165, 1.54) is 10.2 Å². The maximum Gasteiger partial charge on any atom is 0.375 e. The number of anilines is 1. The van der Waals surface area contributed by atoms with Crippen molar-refractivity contribution in [2.75, 3.05) is 18.5 Å². The van der Waals surface area contributed by atoms with E-state index in [0.717, 1.165) is 12.2 Å². The van der Waals surface area contributed by atoms with E-state index in [4.69, 9.17) is 9.84 Å². The number of hydrogen-bond acceptors (Lipinski definition) is 5. The molecule has 0 saturated carbocycles. The highest BCUT2D eigenvalue weighted by Crippen LogP contribution is 2.28. The van der Waals surface area contributed by atoms with Gasteiger partial charge in [0, 0.05) is 20.5 Å². The summed E-state index contributed by atoms with van der Waals surface area (Å²) >= 11 is 0. The number of nitrogens with zero attached hydrogens (tertiary/aromatic N) is 4. The van der Waals surface area contributed by atoms with Gasteiger partial charge in [0.25, 0.3) is 5.82 Å². The number of rotatable bonds is 4. The highest BCUT2D eigenvalue weighted by atomic mass is 16.5. The number of aromatic carboxylic acids is 1. The molecule has 7 nitrogen and oxygen atoms in total. The molecule has 7 heteroatoms. The Hall–Kier alpha value is -2.57. The zero-order chi connectivity index (χ0) is 15.0. The molecule has 0 aliphatic carbocycles. The number of benzene rings is 1. The van der Waals surface area contributed by atoms with Crippen LogP contribution in [0.1, 0.15) is 16.2 Å². The molecule has 1 aliphatic heterocycles. The van der Waals surface area contributed by atoms with Crippen molar-refractivity contribution in [3.05, 3.63) is 35.7 Å². The minimum atomic E-state index is -1.13. The zero-order valence-corrected chi connectivity index (χ0v) is 11.9. The normalized spacial score (nSPS) is 16.4. The molecule has 0 spiro atoms. The van der Waals surface area contributed by atoms with Crippen molar-refractivity contribution < 1.29 is 14.6 Å². The van der Waals surface area contributed by atoms with Gasteiger partial charge >= 0.3 is 5.97 Å². The van der Waals surface area contributed by atoms with Crippen LogP contribution in [0, 0.1) is 0 Å². The minimum Gasteiger partial charge on any atom is -0.488 e. The lowest BCUT2D eigenvalue weighted by atomic mass is 10.1. The molecule has 3 rings (SSSR count). The summed E-state index contributed by atoms with van der Waals surface area (Å²) in [6, 6.07) is 7.96. The van der Waals surface area contributed by atoms with Crippen molar-refractivity contribution in [2.45, 2.75) is 12.5 Å². The van der Waals surface area contributed by atoms with Gasteiger partial charge in [-0.05, 0) is 11.6 Å². The van der Waals surface area contributed by atoms with E-state index in [0.29, 0.717) is 12.5 Å². The molecule has 1 atom stereocenters. The quantitative estimate of drug-likeness (QED) is 0.902. The maximum atomic E-state index is 10.9. The molecule has 0 bridgehead atoms. The Bertz CT molecular complexity index is 658. The van der Waals surface area contributed by atoms with Crippen molar-refractivity contribution in [1.29, 1.82) is 0 Å². The SMILES string of the molecule is CN(CC1Cc2ccccc2O1)c1nc(C(=O)O)nn1C. The Morgan fingerprint density at radius 1 is 1.52 bits per heavy atom. The van der Waals surface area contributed by atoms with Gasteiger partial charge in [-0.15, -0.1) is 5.10 Å². The molecule has 21 heavy (non-hydrogen) atoms. The van der Waals surface area contributed by atoms with Crippen LogP contribution in [0.2, 0.25) is 0 Å². The number of hydrogen-bond donors (Lipinski definition) is 1. The van der Waals surface area contributed by atoms with Crippen molar-refractivity contribution in [1.82, 2.24) is 14.8 Å². The van der Waals surface area contributed by atoms with E-state index >= 15 is 0 Å². The number of likely N-dealkylation sites (N-methyl/N-ethyl adjacent to an activating group) is 1. The number of aryl methyl sites for hydroxylation is 1. The lowest BCUT2D eigenvalue weighted by molar-refractivity contribution is 0.0683. The standard InChI is InChI=1S/C14H16N4O3/c1-17(14-15-12(13(19)20)16-18(14)2)8-10-7-9-5-3-4-6-11(9)21-10/h3-6,10H,7-8H2,1-2H3,(H,19,20). The second-order valence-corrected chi connectivity index (χ2v) is 5.10. The second kappa shape index (κ2) is 5.08. The molecule has 1 N–H and O–H groups in total. The first-order chi connectivity index (χ1) is 10.0. The Morgan fingerprint density at radius 2 is 2.29 bits per heavy atom. The number of ether oxygens (including phenoxy) is 1. The summed E-state index contributed by atoms with van der Waals surface area (Å²) in [7, 11) is 3.53. The van der Waals surface area contributed by atoms with Gasteiger partial charge in [0.1, 0.15) is 11.9 Å². The first-order valence-electron chi connectivity index (χ1n) is 6.64. The van der Waals surface area contributed by atoms with E-state index in [2.05, 4.69) is 16.1 Å².